The van der Waals surface area contributed by atoms with Gasteiger partial charge in [-0.1, -0.05) is 41.1 Å². The van der Waals surface area contributed by atoms with E-state index in [2.05, 4.69) is 9.71 Å². The molecule has 0 amide bonds. The third-order valence-corrected chi connectivity index (χ3v) is 6.72. The molecule has 8 heteroatoms. The summed E-state index contributed by atoms with van der Waals surface area (Å²) >= 11 is 8.30. The van der Waals surface area contributed by atoms with Gasteiger partial charge in [0.1, 0.15) is 0 Å². The van der Waals surface area contributed by atoms with E-state index in [0.717, 1.165) is 16.2 Å². The first-order valence-corrected chi connectivity index (χ1v) is 9.46. The zero-order chi connectivity index (χ0) is 14.6. The van der Waals surface area contributed by atoms with Crippen LogP contribution >= 0.6 is 34.7 Å². The Morgan fingerprint density at radius 1 is 1.35 bits per heavy atom. The molecule has 0 saturated carbocycles. The smallest absolute Gasteiger partial charge is 0.229 e. The Morgan fingerprint density at radius 2 is 2.05 bits per heavy atom. The van der Waals surface area contributed by atoms with Crippen molar-refractivity contribution in [3.8, 4) is 0 Å². The van der Waals surface area contributed by atoms with Crippen molar-refractivity contribution in [2.75, 3.05) is 12.3 Å². The second-order valence-corrected chi connectivity index (χ2v) is 8.61. The fraction of sp³-hybridized carbons (Fsp3) is 0.250. The molecule has 108 valence electrons. The maximum absolute atomic E-state index is 12.1. The quantitative estimate of drug-likeness (QED) is 0.643. The molecule has 20 heavy (non-hydrogen) atoms. The number of thiazole rings is 1. The lowest BCUT2D eigenvalue weighted by molar-refractivity contribution is 0.585. The first-order valence-electron chi connectivity index (χ1n) is 5.79. The van der Waals surface area contributed by atoms with E-state index in [4.69, 9.17) is 11.6 Å². The standard InChI is InChI=1S/C12H13ClN2O2S3/c1-9-11(19-12(13)15-9)20(16,17)14-7-8-18-10-5-3-2-4-6-10/h2-6,14H,7-8H2,1H3. The summed E-state index contributed by atoms with van der Waals surface area (Å²) in [5, 5.41) is 0. The number of aryl methyl sites for hydroxylation is 1. The number of thioether (sulfide) groups is 1. The summed E-state index contributed by atoms with van der Waals surface area (Å²) in [6.45, 7) is 1.99. The predicted molar refractivity (Wildman–Crippen MR) is 84.2 cm³/mol. The monoisotopic (exact) mass is 348 g/mol. The number of hydrogen-bond acceptors (Lipinski definition) is 5. The van der Waals surface area contributed by atoms with E-state index >= 15 is 0 Å². The summed E-state index contributed by atoms with van der Waals surface area (Å²) in [5.74, 6) is 0.662. The van der Waals surface area contributed by atoms with Crippen molar-refractivity contribution in [3.05, 3.63) is 40.5 Å². The summed E-state index contributed by atoms with van der Waals surface area (Å²) in [4.78, 5) is 5.03. The lowest BCUT2D eigenvalue weighted by atomic mass is 10.4. The second-order valence-electron chi connectivity index (χ2n) is 3.90. The molecule has 0 saturated heterocycles. The topological polar surface area (TPSA) is 59.1 Å². The van der Waals surface area contributed by atoms with Gasteiger partial charge in [0.15, 0.2) is 8.68 Å². The minimum atomic E-state index is -3.52. The van der Waals surface area contributed by atoms with Crippen molar-refractivity contribution in [1.82, 2.24) is 9.71 Å². The molecule has 0 unspecified atom stereocenters. The van der Waals surface area contributed by atoms with Gasteiger partial charge in [-0.2, -0.15) is 0 Å². The van der Waals surface area contributed by atoms with Crippen molar-refractivity contribution >= 4 is 44.7 Å². The highest BCUT2D eigenvalue weighted by atomic mass is 35.5. The van der Waals surface area contributed by atoms with E-state index in [-0.39, 0.29) is 8.68 Å². The Kier molecular flexibility index (Phi) is 5.45. The van der Waals surface area contributed by atoms with E-state index in [1.807, 2.05) is 30.3 Å². The fourth-order valence-corrected chi connectivity index (χ4v) is 5.26. The minimum absolute atomic E-state index is 0.187. The summed E-state index contributed by atoms with van der Waals surface area (Å²) in [5.41, 5.74) is 0.434. The van der Waals surface area contributed by atoms with Crippen LogP contribution in [0.4, 0.5) is 0 Å². The maximum atomic E-state index is 12.1. The van der Waals surface area contributed by atoms with Gasteiger partial charge in [0.2, 0.25) is 0 Å². The average molecular weight is 349 g/mol. The highest BCUT2D eigenvalue weighted by Gasteiger charge is 2.20. The molecule has 0 aliphatic carbocycles. The Bertz CT molecular complexity index is 671. The first-order chi connectivity index (χ1) is 9.49. The molecule has 1 aromatic carbocycles. The summed E-state index contributed by atoms with van der Waals surface area (Å²) < 4.78 is 27.1. The Hall–Kier alpha value is -0.600. The van der Waals surface area contributed by atoms with Gasteiger partial charge in [-0.3, -0.25) is 0 Å². The van der Waals surface area contributed by atoms with Crippen LogP contribution in [0.2, 0.25) is 4.47 Å². The Morgan fingerprint density at radius 3 is 2.65 bits per heavy atom. The molecular weight excluding hydrogens is 336 g/mol. The van der Waals surface area contributed by atoms with Gasteiger partial charge in [0.05, 0.1) is 5.69 Å². The SMILES string of the molecule is Cc1nc(Cl)sc1S(=O)(=O)NCCSc1ccccc1. The number of benzene rings is 1. The van der Waals surface area contributed by atoms with E-state index in [9.17, 15) is 8.42 Å². The molecule has 0 aliphatic rings. The van der Waals surface area contributed by atoms with Crippen molar-refractivity contribution in [1.29, 1.82) is 0 Å². The number of halogens is 1. The van der Waals surface area contributed by atoms with Gasteiger partial charge in [-0.15, -0.1) is 11.8 Å². The molecule has 4 nitrogen and oxygen atoms in total. The van der Waals surface area contributed by atoms with E-state index in [0.29, 0.717) is 18.0 Å². The molecular formula is C12H13ClN2O2S3. The Balaban J connectivity index is 1.89. The number of nitrogens with one attached hydrogen (secondary N) is 1. The molecule has 2 rings (SSSR count). The summed E-state index contributed by atoms with van der Waals surface area (Å²) in [6.07, 6.45) is 0. The van der Waals surface area contributed by atoms with E-state index in [1.54, 1.807) is 18.7 Å². The number of aromatic nitrogens is 1. The highest BCUT2D eigenvalue weighted by molar-refractivity contribution is 7.99. The third-order valence-electron chi connectivity index (χ3n) is 2.38. The molecule has 0 spiro atoms. The molecule has 2 aromatic rings. The number of sulfonamides is 1. The molecule has 0 radical (unpaired) electrons. The maximum Gasteiger partial charge on any atom is 0.252 e. The van der Waals surface area contributed by atoms with Gasteiger partial charge >= 0.3 is 0 Å². The van der Waals surface area contributed by atoms with Gasteiger partial charge in [0, 0.05) is 17.2 Å². The lowest BCUT2D eigenvalue weighted by Gasteiger charge is -2.05. The van der Waals surface area contributed by atoms with Crippen LogP contribution < -0.4 is 4.72 Å². The van der Waals surface area contributed by atoms with Crippen LogP contribution in [0.3, 0.4) is 0 Å². The van der Waals surface area contributed by atoms with E-state index in [1.165, 1.54) is 0 Å². The Labute approximate surface area is 131 Å². The second kappa shape index (κ2) is 6.91. The first kappa shape index (κ1) is 15.8. The van der Waals surface area contributed by atoms with Crippen molar-refractivity contribution in [3.63, 3.8) is 0 Å². The third kappa shape index (κ3) is 4.20. The van der Waals surface area contributed by atoms with Crippen LogP contribution in [-0.4, -0.2) is 25.7 Å². The zero-order valence-electron chi connectivity index (χ0n) is 10.7. The predicted octanol–water partition coefficient (Wildman–Crippen LogP) is 3.18. The fourth-order valence-electron chi connectivity index (χ4n) is 1.53. The van der Waals surface area contributed by atoms with Crippen LogP contribution in [-0.2, 0) is 10.0 Å². The van der Waals surface area contributed by atoms with Crippen LogP contribution in [0.5, 0.6) is 0 Å². The van der Waals surface area contributed by atoms with Crippen molar-refractivity contribution < 1.29 is 8.42 Å². The summed E-state index contributed by atoms with van der Waals surface area (Å²) in [6, 6.07) is 9.84. The largest absolute Gasteiger partial charge is 0.252 e. The van der Waals surface area contributed by atoms with E-state index < -0.39 is 10.0 Å². The molecule has 0 bridgehead atoms. The van der Waals surface area contributed by atoms with Crippen molar-refractivity contribution in [2.24, 2.45) is 0 Å². The van der Waals surface area contributed by atoms with Gasteiger partial charge in [0.25, 0.3) is 10.0 Å². The molecule has 0 fully saturated rings. The zero-order valence-corrected chi connectivity index (χ0v) is 13.9. The molecule has 1 N–H and O–H groups in total. The minimum Gasteiger partial charge on any atom is -0.229 e. The molecule has 1 heterocycles. The van der Waals surface area contributed by atoms with Crippen LogP contribution in [0.15, 0.2) is 39.4 Å². The number of nitrogens with zero attached hydrogens (tertiary/aromatic N) is 1. The average Bonchev–Trinajstić information content (AvgIpc) is 2.76. The van der Waals surface area contributed by atoms with Crippen LogP contribution in [0.25, 0.3) is 0 Å². The molecule has 1 aromatic heterocycles. The number of rotatable bonds is 6. The van der Waals surface area contributed by atoms with Crippen LogP contribution in [0.1, 0.15) is 5.69 Å². The number of hydrogen-bond donors (Lipinski definition) is 1. The van der Waals surface area contributed by atoms with Gasteiger partial charge in [-0.05, 0) is 19.1 Å². The summed E-state index contributed by atoms with van der Waals surface area (Å²) in [7, 11) is -3.52. The van der Waals surface area contributed by atoms with Gasteiger partial charge in [-0.25, -0.2) is 18.1 Å². The normalized spacial score (nSPS) is 11.7. The van der Waals surface area contributed by atoms with Crippen LogP contribution in [0, 0.1) is 6.92 Å². The molecule has 0 aliphatic heterocycles. The van der Waals surface area contributed by atoms with Crippen molar-refractivity contribution in [2.45, 2.75) is 16.0 Å². The van der Waals surface area contributed by atoms with Gasteiger partial charge < -0.3 is 0 Å². The highest BCUT2D eigenvalue weighted by Crippen LogP contribution is 2.26. The lowest BCUT2D eigenvalue weighted by Crippen LogP contribution is -2.25. The molecule has 0 atom stereocenters.